The zero-order chi connectivity index (χ0) is 4.99. The molecule has 33 valence electrons. The number of hydrogen-bond acceptors (Lipinski definition) is 1. The van der Waals surface area contributed by atoms with Crippen molar-refractivity contribution >= 4 is 5.94 Å². The van der Waals surface area contributed by atoms with Gasteiger partial charge in [-0.3, -0.25) is 0 Å². The summed E-state index contributed by atoms with van der Waals surface area (Å²) in [6.07, 6.45) is 2.40. The molecule has 0 aromatic carbocycles. The standard InChI is InChI=1S/C5H7O/c1-5(2)3-4-6/h5H,1-2H3. The van der Waals surface area contributed by atoms with Crippen LogP contribution in [0, 0.1) is 12.0 Å². The summed E-state index contributed by atoms with van der Waals surface area (Å²) in [7, 11) is 0. The lowest BCUT2D eigenvalue weighted by Gasteiger charge is -1.80. The monoisotopic (exact) mass is 83.0 g/mol. The van der Waals surface area contributed by atoms with Gasteiger partial charge in [0.15, 0.2) is 0 Å². The van der Waals surface area contributed by atoms with Gasteiger partial charge in [0.1, 0.15) is 5.94 Å². The summed E-state index contributed by atoms with van der Waals surface area (Å²) >= 11 is 0. The molecule has 0 atom stereocenters. The van der Waals surface area contributed by atoms with Crippen molar-refractivity contribution in [2.45, 2.75) is 13.8 Å². The molecule has 0 unspecified atom stereocenters. The molecular formula is C5H7O. The Morgan fingerprint density at radius 2 is 2.00 bits per heavy atom. The highest BCUT2D eigenvalue weighted by Crippen LogP contribution is 1.85. The van der Waals surface area contributed by atoms with Gasteiger partial charge in [0.2, 0.25) is 0 Å². The highest BCUT2D eigenvalue weighted by molar-refractivity contribution is 5.40. The first-order valence-electron chi connectivity index (χ1n) is 1.90. The Kier molecular flexibility index (Phi) is 2.43. The Labute approximate surface area is 37.7 Å². The van der Waals surface area contributed by atoms with E-state index in [0.29, 0.717) is 0 Å². The minimum Gasteiger partial charge on any atom is -0.233 e. The summed E-state index contributed by atoms with van der Waals surface area (Å²) in [6.45, 7) is 3.76. The Morgan fingerprint density at radius 1 is 1.50 bits per heavy atom. The molecule has 0 aliphatic carbocycles. The highest BCUT2D eigenvalue weighted by Gasteiger charge is 1.79. The Morgan fingerprint density at radius 3 is 2.00 bits per heavy atom. The molecule has 0 aromatic heterocycles. The quantitative estimate of drug-likeness (QED) is 0.429. The zero-order valence-electron chi connectivity index (χ0n) is 3.99. The minimum atomic E-state index is 0.225. The van der Waals surface area contributed by atoms with Crippen molar-refractivity contribution in [3.63, 3.8) is 0 Å². The van der Waals surface area contributed by atoms with Gasteiger partial charge >= 0.3 is 0 Å². The molecule has 0 N–H and O–H groups in total. The first-order chi connectivity index (χ1) is 2.77. The second-order valence-electron chi connectivity index (χ2n) is 1.40. The lowest BCUT2D eigenvalue weighted by molar-refractivity contribution is 0.565. The van der Waals surface area contributed by atoms with E-state index in [-0.39, 0.29) is 5.92 Å². The van der Waals surface area contributed by atoms with Crippen molar-refractivity contribution in [1.29, 1.82) is 0 Å². The fourth-order valence-corrected chi connectivity index (χ4v) is 0.118. The number of allylic oxidation sites excluding steroid dienone is 1. The molecule has 1 radical (unpaired) electrons. The molecule has 0 aliphatic rings. The molecule has 0 spiro atoms. The molecule has 1 heteroatoms. The van der Waals surface area contributed by atoms with Crippen molar-refractivity contribution in [3.8, 4) is 0 Å². The van der Waals surface area contributed by atoms with Crippen molar-refractivity contribution in [2.24, 2.45) is 5.92 Å². The molecule has 0 fully saturated rings. The largest absolute Gasteiger partial charge is 0.233 e. The van der Waals surface area contributed by atoms with E-state index >= 15 is 0 Å². The van der Waals surface area contributed by atoms with Crippen LogP contribution in [0.15, 0.2) is 0 Å². The summed E-state index contributed by atoms with van der Waals surface area (Å²) in [6, 6.07) is 0. The van der Waals surface area contributed by atoms with Gasteiger partial charge in [-0.15, -0.1) is 0 Å². The summed E-state index contributed by atoms with van der Waals surface area (Å²) in [5, 5.41) is 0. The lowest BCUT2D eigenvalue weighted by Crippen LogP contribution is -1.76. The van der Waals surface area contributed by atoms with E-state index in [4.69, 9.17) is 0 Å². The van der Waals surface area contributed by atoms with Crippen LogP contribution in [0.25, 0.3) is 0 Å². The SMILES string of the molecule is CC(C)[C]=C=O. The summed E-state index contributed by atoms with van der Waals surface area (Å²) in [4.78, 5) is 9.38. The van der Waals surface area contributed by atoms with Crippen molar-refractivity contribution in [3.05, 3.63) is 6.08 Å². The molecule has 0 bridgehead atoms. The molecular weight excluding hydrogens is 76.1 g/mol. The van der Waals surface area contributed by atoms with Crippen molar-refractivity contribution in [2.75, 3.05) is 0 Å². The first-order valence-corrected chi connectivity index (χ1v) is 1.90. The van der Waals surface area contributed by atoms with Gasteiger partial charge in [-0.1, -0.05) is 13.8 Å². The van der Waals surface area contributed by atoms with E-state index in [0.717, 1.165) is 0 Å². The van der Waals surface area contributed by atoms with Gasteiger partial charge in [0.25, 0.3) is 0 Å². The van der Waals surface area contributed by atoms with Gasteiger partial charge in [-0.2, -0.15) is 0 Å². The maximum Gasteiger partial charge on any atom is 0.129 e. The van der Waals surface area contributed by atoms with E-state index in [1.54, 1.807) is 5.94 Å². The molecule has 0 amide bonds. The van der Waals surface area contributed by atoms with Crippen LogP contribution in [0.1, 0.15) is 13.8 Å². The molecule has 0 heterocycles. The number of rotatable bonds is 1. The lowest BCUT2D eigenvalue weighted by atomic mass is 10.2. The third kappa shape index (κ3) is 3.45. The molecule has 0 aliphatic heterocycles. The normalized spacial score (nSPS) is 7.83. The third-order valence-electron chi connectivity index (χ3n) is 0.348. The second kappa shape index (κ2) is 2.67. The van der Waals surface area contributed by atoms with Gasteiger partial charge in [-0.25, -0.2) is 4.79 Å². The van der Waals surface area contributed by atoms with Crippen LogP contribution in [0.2, 0.25) is 0 Å². The van der Waals surface area contributed by atoms with Crippen LogP contribution in [-0.2, 0) is 4.79 Å². The Hall–Kier alpha value is -0.550. The molecule has 1 nitrogen and oxygen atoms in total. The molecule has 6 heavy (non-hydrogen) atoms. The van der Waals surface area contributed by atoms with Gasteiger partial charge in [-0.05, 0) is 5.92 Å². The van der Waals surface area contributed by atoms with Crippen LogP contribution in [-0.4, -0.2) is 5.94 Å². The smallest absolute Gasteiger partial charge is 0.129 e. The maximum absolute atomic E-state index is 9.38. The number of hydrogen-bond donors (Lipinski definition) is 0. The van der Waals surface area contributed by atoms with E-state index in [9.17, 15) is 4.79 Å². The average Bonchev–Trinajstić information content (AvgIpc) is 1.35. The predicted octanol–water partition coefficient (Wildman–Crippen LogP) is 0.833. The number of carbonyl (C=O) groups excluding carboxylic acids is 1. The second-order valence-corrected chi connectivity index (χ2v) is 1.40. The van der Waals surface area contributed by atoms with Crippen LogP contribution in [0.4, 0.5) is 0 Å². The van der Waals surface area contributed by atoms with Crippen LogP contribution < -0.4 is 0 Å². The van der Waals surface area contributed by atoms with Crippen molar-refractivity contribution in [1.82, 2.24) is 0 Å². The van der Waals surface area contributed by atoms with Crippen LogP contribution in [0.5, 0.6) is 0 Å². The zero-order valence-corrected chi connectivity index (χ0v) is 3.99. The third-order valence-corrected chi connectivity index (χ3v) is 0.348. The average molecular weight is 83.1 g/mol. The molecule has 0 rings (SSSR count). The minimum absolute atomic E-state index is 0.225. The highest BCUT2D eigenvalue weighted by atomic mass is 16.1. The van der Waals surface area contributed by atoms with Gasteiger partial charge in [0, 0.05) is 0 Å². The van der Waals surface area contributed by atoms with E-state index in [2.05, 4.69) is 6.08 Å². The summed E-state index contributed by atoms with van der Waals surface area (Å²) in [5.41, 5.74) is 0. The summed E-state index contributed by atoms with van der Waals surface area (Å²) in [5.74, 6) is 1.79. The van der Waals surface area contributed by atoms with Gasteiger partial charge < -0.3 is 0 Å². The fraction of sp³-hybridized carbons (Fsp3) is 0.600. The molecule has 0 aromatic rings. The molecule has 0 saturated heterocycles. The fourth-order valence-electron chi connectivity index (χ4n) is 0.118. The van der Waals surface area contributed by atoms with E-state index in [1.807, 2.05) is 13.8 Å². The Bertz CT molecular complexity index is 68.0. The molecule has 0 saturated carbocycles. The Balaban J connectivity index is 3.29. The topological polar surface area (TPSA) is 17.1 Å². The van der Waals surface area contributed by atoms with Crippen LogP contribution in [0.3, 0.4) is 0 Å². The predicted molar refractivity (Wildman–Crippen MR) is 23.8 cm³/mol. The van der Waals surface area contributed by atoms with Gasteiger partial charge in [0.05, 0.1) is 6.08 Å². The van der Waals surface area contributed by atoms with E-state index < -0.39 is 0 Å². The maximum atomic E-state index is 9.38. The summed E-state index contributed by atoms with van der Waals surface area (Å²) < 4.78 is 0. The van der Waals surface area contributed by atoms with Crippen molar-refractivity contribution < 1.29 is 4.79 Å². The first kappa shape index (κ1) is 5.45. The van der Waals surface area contributed by atoms with E-state index in [1.165, 1.54) is 0 Å². The van der Waals surface area contributed by atoms with Crippen LogP contribution >= 0.6 is 0 Å².